The Hall–Kier alpha value is -0.180. The van der Waals surface area contributed by atoms with Gasteiger partial charge in [-0.2, -0.15) is 12.6 Å². The molecule has 76 valence electrons. The van der Waals surface area contributed by atoms with Crippen molar-refractivity contribution in [3.63, 3.8) is 0 Å². The molecule has 0 unspecified atom stereocenters. The third-order valence-electron chi connectivity index (χ3n) is 2.73. The summed E-state index contributed by atoms with van der Waals surface area (Å²) in [6.07, 6.45) is 8.04. The molecule has 3 heteroatoms. The Kier molecular flexibility index (Phi) is 5.28. The molecular formula is C10H19NOS. The fraction of sp³-hybridized carbons (Fsp3) is 0.900. The molecule has 0 saturated heterocycles. The molecule has 0 atom stereocenters. The van der Waals surface area contributed by atoms with Gasteiger partial charge in [0.05, 0.1) is 5.75 Å². The minimum absolute atomic E-state index is 0.0507. The quantitative estimate of drug-likeness (QED) is 0.517. The molecule has 2 nitrogen and oxygen atoms in total. The first-order chi connectivity index (χ1) is 6.33. The second-order valence-corrected chi connectivity index (χ2v) is 4.12. The van der Waals surface area contributed by atoms with Crippen LogP contribution in [-0.2, 0) is 4.79 Å². The van der Waals surface area contributed by atoms with Crippen LogP contribution in [0.1, 0.15) is 38.5 Å². The molecule has 0 radical (unpaired) electrons. The summed E-state index contributed by atoms with van der Waals surface area (Å²) in [5, 5.41) is 2.84. The number of hydrogen-bond donors (Lipinski definition) is 2. The molecule has 1 N–H and O–H groups in total. The van der Waals surface area contributed by atoms with Crippen molar-refractivity contribution < 1.29 is 4.79 Å². The van der Waals surface area contributed by atoms with Crippen LogP contribution in [0.5, 0.6) is 0 Å². The number of carbonyl (C=O) groups is 1. The third-order valence-corrected chi connectivity index (χ3v) is 3.02. The monoisotopic (exact) mass is 201 g/mol. The molecular weight excluding hydrogens is 182 g/mol. The molecule has 0 heterocycles. The van der Waals surface area contributed by atoms with Gasteiger partial charge >= 0.3 is 0 Å². The van der Waals surface area contributed by atoms with E-state index in [2.05, 4.69) is 17.9 Å². The number of amides is 1. The van der Waals surface area contributed by atoms with E-state index in [-0.39, 0.29) is 5.91 Å². The first-order valence-electron chi connectivity index (χ1n) is 5.20. The number of hydrogen-bond acceptors (Lipinski definition) is 2. The minimum atomic E-state index is 0.0507. The lowest BCUT2D eigenvalue weighted by Crippen LogP contribution is -2.25. The van der Waals surface area contributed by atoms with E-state index in [0.29, 0.717) is 5.75 Å². The van der Waals surface area contributed by atoms with Gasteiger partial charge in [0.25, 0.3) is 0 Å². The maximum Gasteiger partial charge on any atom is 0.229 e. The van der Waals surface area contributed by atoms with Crippen molar-refractivity contribution in [2.75, 3.05) is 12.3 Å². The standard InChI is InChI=1S/C10H19NOS/c12-10(8-13)11-7-3-6-9-4-1-2-5-9/h9,13H,1-8H2,(H,11,12). The highest BCUT2D eigenvalue weighted by Gasteiger charge is 2.13. The first kappa shape index (κ1) is 10.9. The molecule has 13 heavy (non-hydrogen) atoms. The van der Waals surface area contributed by atoms with E-state index >= 15 is 0 Å². The Labute approximate surface area is 85.9 Å². The highest BCUT2D eigenvalue weighted by atomic mass is 32.1. The molecule has 1 amide bonds. The van der Waals surface area contributed by atoms with Gasteiger partial charge in [-0.1, -0.05) is 25.7 Å². The van der Waals surface area contributed by atoms with Crippen molar-refractivity contribution in [3.05, 3.63) is 0 Å². The lowest BCUT2D eigenvalue weighted by molar-refractivity contribution is -0.118. The van der Waals surface area contributed by atoms with Crippen LogP contribution in [0.4, 0.5) is 0 Å². The predicted octanol–water partition coefficient (Wildman–Crippen LogP) is 2.00. The second-order valence-electron chi connectivity index (χ2n) is 3.80. The van der Waals surface area contributed by atoms with E-state index in [9.17, 15) is 4.79 Å². The Bertz CT molecular complexity index is 155. The van der Waals surface area contributed by atoms with E-state index < -0.39 is 0 Å². The van der Waals surface area contributed by atoms with Gasteiger partial charge in [-0.05, 0) is 18.8 Å². The van der Waals surface area contributed by atoms with Gasteiger partial charge in [0.15, 0.2) is 0 Å². The van der Waals surface area contributed by atoms with Crippen LogP contribution < -0.4 is 5.32 Å². The lowest BCUT2D eigenvalue weighted by Gasteiger charge is -2.08. The van der Waals surface area contributed by atoms with Gasteiger partial charge in [0.2, 0.25) is 5.91 Å². The third kappa shape index (κ3) is 4.55. The average Bonchev–Trinajstić information content (AvgIpc) is 2.64. The van der Waals surface area contributed by atoms with Gasteiger partial charge in [0.1, 0.15) is 0 Å². The fourth-order valence-corrected chi connectivity index (χ4v) is 2.09. The van der Waals surface area contributed by atoms with Crippen molar-refractivity contribution in [2.24, 2.45) is 5.92 Å². The van der Waals surface area contributed by atoms with Crippen molar-refractivity contribution in [1.29, 1.82) is 0 Å². The van der Waals surface area contributed by atoms with Crippen molar-refractivity contribution in [3.8, 4) is 0 Å². The molecule has 0 spiro atoms. The van der Waals surface area contributed by atoms with Gasteiger partial charge < -0.3 is 5.32 Å². The van der Waals surface area contributed by atoms with Gasteiger partial charge in [-0.3, -0.25) is 4.79 Å². The highest BCUT2D eigenvalue weighted by Crippen LogP contribution is 2.28. The zero-order chi connectivity index (χ0) is 9.52. The summed E-state index contributed by atoms with van der Waals surface area (Å²) in [5.74, 6) is 1.30. The molecule has 0 aliphatic heterocycles. The smallest absolute Gasteiger partial charge is 0.229 e. The zero-order valence-electron chi connectivity index (χ0n) is 8.09. The Morgan fingerprint density at radius 1 is 1.38 bits per heavy atom. The van der Waals surface area contributed by atoms with Crippen LogP contribution in [0.3, 0.4) is 0 Å². The summed E-state index contributed by atoms with van der Waals surface area (Å²) in [6, 6.07) is 0. The van der Waals surface area contributed by atoms with Crippen LogP contribution in [0.2, 0.25) is 0 Å². The molecule has 0 bridgehead atoms. The largest absolute Gasteiger partial charge is 0.355 e. The van der Waals surface area contributed by atoms with E-state index in [1.165, 1.54) is 32.1 Å². The van der Waals surface area contributed by atoms with Gasteiger partial charge in [-0.15, -0.1) is 0 Å². The Balaban J connectivity index is 1.91. The molecule has 1 aliphatic rings. The number of carbonyl (C=O) groups excluding carboxylic acids is 1. The van der Waals surface area contributed by atoms with Crippen LogP contribution in [-0.4, -0.2) is 18.2 Å². The summed E-state index contributed by atoms with van der Waals surface area (Å²) < 4.78 is 0. The van der Waals surface area contributed by atoms with Crippen molar-refractivity contribution >= 4 is 18.5 Å². The number of thiol groups is 1. The van der Waals surface area contributed by atoms with Crippen molar-refractivity contribution in [2.45, 2.75) is 38.5 Å². The zero-order valence-corrected chi connectivity index (χ0v) is 8.98. The predicted molar refractivity (Wildman–Crippen MR) is 58.1 cm³/mol. The molecule has 1 saturated carbocycles. The Morgan fingerprint density at radius 3 is 2.69 bits per heavy atom. The van der Waals surface area contributed by atoms with Gasteiger partial charge in [-0.25, -0.2) is 0 Å². The maximum absolute atomic E-state index is 10.8. The molecule has 1 aliphatic carbocycles. The summed E-state index contributed by atoms with van der Waals surface area (Å²) in [6.45, 7) is 0.829. The van der Waals surface area contributed by atoms with E-state index in [1.807, 2.05) is 0 Å². The Morgan fingerprint density at radius 2 is 2.08 bits per heavy atom. The van der Waals surface area contributed by atoms with E-state index in [0.717, 1.165) is 18.9 Å². The van der Waals surface area contributed by atoms with Crippen molar-refractivity contribution in [1.82, 2.24) is 5.32 Å². The minimum Gasteiger partial charge on any atom is -0.355 e. The molecule has 0 aromatic heterocycles. The fourth-order valence-electron chi connectivity index (χ4n) is 1.97. The molecule has 1 fully saturated rings. The summed E-state index contributed by atoms with van der Waals surface area (Å²) in [5.41, 5.74) is 0. The van der Waals surface area contributed by atoms with Crippen LogP contribution >= 0.6 is 12.6 Å². The van der Waals surface area contributed by atoms with Crippen LogP contribution in [0.15, 0.2) is 0 Å². The van der Waals surface area contributed by atoms with Crippen LogP contribution in [0, 0.1) is 5.92 Å². The topological polar surface area (TPSA) is 29.1 Å². The first-order valence-corrected chi connectivity index (χ1v) is 5.83. The SMILES string of the molecule is O=C(CS)NCCCC1CCCC1. The average molecular weight is 201 g/mol. The molecule has 0 aromatic rings. The second kappa shape index (κ2) is 6.30. The summed E-state index contributed by atoms with van der Waals surface area (Å²) in [4.78, 5) is 10.8. The number of nitrogens with one attached hydrogen (secondary N) is 1. The van der Waals surface area contributed by atoms with Crippen LogP contribution in [0.25, 0.3) is 0 Å². The summed E-state index contributed by atoms with van der Waals surface area (Å²) in [7, 11) is 0. The highest BCUT2D eigenvalue weighted by molar-refractivity contribution is 7.81. The molecule has 1 rings (SSSR count). The van der Waals surface area contributed by atoms with Gasteiger partial charge in [0, 0.05) is 6.54 Å². The normalized spacial score (nSPS) is 17.6. The molecule has 0 aromatic carbocycles. The van der Waals surface area contributed by atoms with E-state index in [4.69, 9.17) is 0 Å². The maximum atomic E-state index is 10.8. The van der Waals surface area contributed by atoms with E-state index in [1.54, 1.807) is 0 Å². The number of rotatable bonds is 5. The lowest BCUT2D eigenvalue weighted by atomic mass is 10.0. The summed E-state index contributed by atoms with van der Waals surface area (Å²) >= 11 is 3.89.